The average Bonchev–Trinajstić information content (AvgIpc) is 2.72. The zero-order valence-corrected chi connectivity index (χ0v) is 16.3. The van der Waals surface area contributed by atoms with E-state index in [1.54, 1.807) is 4.57 Å². The first-order valence-electron chi connectivity index (χ1n) is 9.75. The number of benzene rings is 2. The van der Waals surface area contributed by atoms with Gasteiger partial charge in [0.15, 0.2) is 0 Å². The Hall–Kier alpha value is -2.92. The maximum atomic E-state index is 13.8. The molecule has 5 nitrogen and oxygen atoms in total. The van der Waals surface area contributed by atoms with Gasteiger partial charge in [0.2, 0.25) is 5.95 Å². The lowest BCUT2D eigenvalue weighted by atomic mass is 9.69. The van der Waals surface area contributed by atoms with Crippen LogP contribution in [0, 0.1) is 0 Å². The van der Waals surface area contributed by atoms with Crippen LogP contribution in [0.1, 0.15) is 31.4 Å². The van der Waals surface area contributed by atoms with Crippen LogP contribution in [0.2, 0.25) is 0 Å². The number of hydrogen-bond acceptors (Lipinski definition) is 4. The van der Waals surface area contributed by atoms with Gasteiger partial charge in [-0.05, 0) is 30.5 Å². The highest BCUT2D eigenvalue weighted by atomic mass is 16.3. The van der Waals surface area contributed by atoms with E-state index >= 15 is 0 Å². The highest BCUT2D eigenvalue weighted by Gasteiger charge is 2.38. The number of para-hydroxylation sites is 1. The molecule has 144 valence electrons. The standard InChI is InChI=1S/C23H25N3O2/c1-3-23(2)15-16-9-7-8-12-18(16)20-19(23)21(28)26(17-10-5-4-6-11-17)22(25-20)24-13-14-27/h4-12,27H,3,13-15H2,1-2H3,(H,24,25)/t23-/m1/s1. The lowest BCUT2D eigenvalue weighted by molar-refractivity contribution is 0.310. The van der Waals surface area contributed by atoms with Crippen LogP contribution in [0.3, 0.4) is 0 Å². The Morgan fingerprint density at radius 3 is 2.57 bits per heavy atom. The van der Waals surface area contributed by atoms with Crippen LogP contribution in [0.4, 0.5) is 5.95 Å². The fourth-order valence-corrected chi connectivity index (χ4v) is 4.08. The predicted molar refractivity (Wildman–Crippen MR) is 112 cm³/mol. The lowest BCUT2D eigenvalue weighted by Crippen LogP contribution is -2.39. The van der Waals surface area contributed by atoms with E-state index in [1.165, 1.54) is 5.56 Å². The first-order valence-corrected chi connectivity index (χ1v) is 9.75. The molecule has 1 aliphatic rings. The van der Waals surface area contributed by atoms with E-state index in [0.717, 1.165) is 35.3 Å². The highest BCUT2D eigenvalue weighted by molar-refractivity contribution is 5.73. The molecule has 0 saturated heterocycles. The summed E-state index contributed by atoms with van der Waals surface area (Å²) in [4.78, 5) is 18.7. The van der Waals surface area contributed by atoms with Crippen molar-refractivity contribution in [2.24, 2.45) is 0 Å². The van der Waals surface area contributed by atoms with Gasteiger partial charge in [0, 0.05) is 17.5 Å². The molecule has 1 aromatic heterocycles. The minimum atomic E-state index is -0.278. The van der Waals surface area contributed by atoms with E-state index < -0.39 is 0 Å². The quantitative estimate of drug-likeness (QED) is 0.716. The van der Waals surface area contributed by atoms with Crippen LogP contribution in [0.15, 0.2) is 59.4 Å². The molecule has 28 heavy (non-hydrogen) atoms. The number of nitrogens with one attached hydrogen (secondary N) is 1. The minimum Gasteiger partial charge on any atom is -0.395 e. The van der Waals surface area contributed by atoms with Gasteiger partial charge in [-0.15, -0.1) is 0 Å². The molecule has 4 rings (SSSR count). The van der Waals surface area contributed by atoms with Crippen molar-refractivity contribution < 1.29 is 5.11 Å². The van der Waals surface area contributed by atoms with Crippen molar-refractivity contribution >= 4 is 5.95 Å². The van der Waals surface area contributed by atoms with Gasteiger partial charge >= 0.3 is 0 Å². The molecule has 0 fully saturated rings. The first kappa shape index (κ1) is 18.4. The van der Waals surface area contributed by atoms with E-state index in [2.05, 4.69) is 25.2 Å². The third kappa shape index (κ3) is 2.92. The largest absolute Gasteiger partial charge is 0.395 e. The second-order valence-electron chi connectivity index (χ2n) is 7.53. The topological polar surface area (TPSA) is 67.2 Å². The first-order chi connectivity index (χ1) is 13.6. The Kier molecular flexibility index (Phi) is 4.77. The molecular formula is C23H25N3O2. The van der Waals surface area contributed by atoms with Gasteiger partial charge in [0.1, 0.15) is 0 Å². The van der Waals surface area contributed by atoms with E-state index in [-0.39, 0.29) is 17.6 Å². The number of fused-ring (bicyclic) bond motifs is 3. The fraction of sp³-hybridized carbons (Fsp3) is 0.304. The second-order valence-corrected chi connectivity index (χ2v) is 7.53. The Balaban J connectivity index is 2.06. The lowest BCUT2D eigenvalue weighted by Gasteiger charge is -2.36. The maximum absolute atomic E-state index is 13.8. The van der Waals surface area contributed by atoms with Crippen LogP contribution < -0.4 is 10.9 Å². The summed E-state index contributed by atoms with van der Waals surface area (Å²) in [5.74, 6) is 0.458. The Bertz CT molecular complexity index is 1060. The van der Waals surface area contributed by atoms with E-state index in [0.29, 0.717) is 12.5 Å². The molecule has 0 unspecified atom stereocenters. The summed E-state index contributed by atoms with van der Waals surface area (Å²) in [5.41, 5.74) is 4.20. The Morgan fingerprint density at radius 2 is 1.86 bits per heavy atom. The summed E-state index contributed by atoms with van der Waals surface area (Å²) in [7, 11) is 0. The van der Waals surface area contributed by atoms with E-state index in [4.69, 9.17) is 4.98 Å². The molecule has 0 saturated carbocycles. The van der Waals surface area contributed by atoms with Crippen molar-refractivity contribution in [3.8, 4) is 16.9 Å². The van der Waals surface area contributed by atoms with Crippen LogP contribution in [0.5, 0.6) is 0 Å². The normalized spacial score (nSPS) is 17.7. The molecule has 5 heteroatoms. The molecule has 0 spiro atoms. The number of nitrogens with zero attached hydrogens (tertiary/aromatic N) is 2. The Morgan fingerprint density at radius 1 is 1.14 bits per heavy atom. The van der Waals surface area contributed by atoms with Crippen molar-refractivity contribution in [3.63, 3.8) is 0 Å². The SMILES string of the molecule is CC[C@]1(C)Cc2ccccc2-c2nc(NCCO)n(-c3ccccc3)c(=O)c21. The number of anilines is 1. The smallest absolute Gasteiger partial charge is 0.263 e. The van der Waals surface area contributed by atoms with E-state index in [9.17, 15) is 9.90 Å². The summed E-state index contributed by atoms with van der Waals surface area (Å²) >= 11 is 0. The molecule has 2 aromatic carbocycles. The molecule has 0 amide bonds. The molecule has 3 aromatic rings. The summed E-state index contributed by atoms with van der Waals surface area (Å²) < 4.78 is 1.64. The molecular weight excluding hydrogens is 350 g/mol. The minimum absolute atomic E-state index is 0.0367. The van der Waals surface area contributed by atoms with Crippen molar-refractivity contribution in [1.29, 1.82) is 0 Å². The van der Waals surface area contributed by atoms with Crippen molar-refractivity contribution in [2.75, 3.05) is 18.5 Å². The van der Waals surface area contributed by atoms with E-state index in [1.807, 2.05) is 48.5 Å². The molecule has 0 bridgehead atoms. The third-order valence-electron chi connectivity index (χ3n) is 5.73. The number of rotatable bonds is 5. The van der Waals surface area contributed by atoms with Gasteiger partial charge in [0.25, 0.3) is 5.56 Å². The number of aliphatic hydroxyl groups is 1. The van der Waals surface area contributed by atoms with Gasteiger partial charge in [0.05, 0.1) is 23.6 Å². The highest BCUT2D eigenvalue weighted by Crippen LogP contribution is 2.42. The summed E-state index contributed by atoms with van der Waals surface area (Å²) in [6, 6.07) is 17.7. The molecule has 1 aliphatic carbocycles. The molecule has 0 radical (unpaired) electrons. The molecule has 2 N–H and O–H groups in total. The second kappa shape index (κ2) is 7.24. The number of aromatic nitrogens is 2. The van der Waals surface area contributed by atoms with Crippen molar-refractivity contribution in [2.45, 2.75) is 32.1 Å². The molecule has 0 aliphatic heterocycles. The zero-order valence-electron chi connectivity index (χ0n) is 16.3. The molecule has 1 atom stereocenters. The third-order valence-corrected chi connectivity index (χ3v) is 5.73. The number of aliphatic hydroxyl groups excluding tert-OH is 1. The van der Waals surface area contributed by atoms with Gasteiger partial charge in [-0.3, -0.25) is 4.79 Å². The van der Waals surface area contributed by atoms with Crippen molar-refractivity contribution in [1.82, 2.24) is 9.55 Å². The zero-order chi connectivity index (χ0) is 19.7. The van der Waals surface area contributed by atoms with Gasteiger partial charge < -0.3 is 10.4 Å². The van der Waals surface area contributed by atoms with Gasteiger partial charge in [-0.25, -0.2) is 9.55 Å². The van der Waals surface area contributed by atoms with Crippen LogP contribution in [-0.2, 0) is 11.8 Å². The summed E-state index contributed by atoms with van der Waals surface area (Å²) in [6.45, 7) is 4.57. The molecule has 1 heterocycles. The van der Waals surface area contributed by atoms with Crippen molar-refractivity contribution in [3.05, 3.63) is 76.1 Å². The van der Waals surface area contributed by atoms with Gasteiger partial charge in [-0.2, -0.15) is 0 Å². The maximum Gasteiger partial charge on any atom is 0.263 e. The summed E-state index contributed by atoms with van der Waals surface area (Å²) in [6.07, 6.45) is 1.67. The predicted octanol–water partition coefficient (Wildman–Crippen LogP) is 3.53. The number of hydrogen-bond donors (Lipinski definition) is 2. The Labute approximate surface area is 164 Å². The monoisotopic (exact) mass is 375 g/mol. The average molecular weight is 375 g/mol. The van der Waals surface area contributed by atoms with Gasteiger partial charge in [-0.1, -0.05) is 56.3 Å². The van der Waals surface area contributed by atoms with Crippen LogP contribution in [-0.4, -0.2) is 27.8 Å². The fourth-order valence-electron chi connectivity index (χ4n) is 4.08. The van der Waals surface area contributed by atoms with Crippen LogP contribution in [0.25, 0.3) is 16.9 Å². The summed E-state index contributed by atoms with van der Waals surface area (Å²) in [5, 5.41) is 12.4. The van der Waals surface area contributed by atoms with Crippen LogP contribution >= 0.6 is 0 Å².